The molecule has 0 spiro atoms. The maximum atomic E-state index is 13.7. The molecule has 5 heteroatoms. The molecule has 136 valence electrons. The van der Waals surface area contributed by atoms with Crippen molar-refractivity contribution in [3.8, 4) is 17.3 Å². The number of halogens is 1. The van der Waals surface area contributed by atoms with Crippen LogP contribution in [0.3, 0.4) is 0 Å². The van der Waals surface area contributed by atoms with Gasteiger partial charge in [0.1, 0.15) is 22.5 Å². The van der Waals surface area contributed by atoms with Gasteiger partial charge in [-0.15, -0.1) is 11.3 Å². The molecule has 1 N–H and O–H groups in total. The highest BCUT2D eigenvalue weighted by Gasteiger charge is 2.11. The number of nitriles is 1. The Bertz CT molecular complexity index is 1230. The van der Waals surface area contributed by atoms with Gasteiger partial charge in [-0.2, -0.15) is 5.26 Å². The summed E-state index contributed by atoms with van der Waals surface area (Å²) in [7, 11) is 0. The zero-order chi connectivity index (χ0) is 19.5. The summed E-state index contributed by atoms with van der Waals surface area (Å²) in [6.07, 6.45) is 1.57. The summed E-state index contributed by atoms with van der Waals surface area (Å²) in [4.78, 5) is 4.66. The van der Waals surface area contributed by atoms with Crippen molar-refractivity contribution in [2.75, 3.05) is 5.32 Å². The van der Waals surface area contributed by atoms with Crippen LogP contribution in [-0.4, -0.2) is 4.98 Å². The van der Waals surface area contributed by atoms with E-state index in [-0.39, 0.29) is 5.82 Å². The van der Waals surface area contributed by atoms with E-state index >= 15 is 0 Å². The Morgan fingerprint density at radius 3 is 2.79 bits per heavy atom. The van der Waals surface area contributed by atoms with Crippen molar-refractivity contribution in [2.24, 2.45) is 0 Å². The smallest absolute Gasteiger partial charge is 0.136 e. The zero-order valence-corrected chi connectivity index (χ0v) is 15.9. The molecule has 4 rings (SSSR count). The Hall–Kier alpha value is -3.49. The minimum Gasteiger partial charge on any atom is -0.360 e. The van der Waals surface area contributed by atoms with Crippen LogP contribution in [0.25, 0.3) is 27.6 Å². The zero-order valence-electron chi connectivity index (χ0n) is 15.1. The molecule has 0 amide bonds. The number of allylic oxidation sites excluding steroid dienone is 1. The number of fused-ring (bicyclic) bond motifs is 1. The second-order valence-electron chi connectivity index (χ2n) is 6.34. The maximum Gasteiger partial charge on any atom is 0.136 e. The van der Waals surface area contributed by atoms with Crippen LogP contribution in [0.15, 0.2) is 72.2 Å². The third-order valence-electron chi connectivity index (χ3n) is 4.48. The molecule has 0 aliphatic carbocycles. The molecule has 1 heterocycles. The van der Waals surface area contributed by atoms with E-state index in [1.165, 1.54) is 17.4 Å². The maximum absolute atomic E-state index is 13.7. The number of hydrogen-bond acceptors (Lipinski definition) is 4. The molecule has 3 aromatic carbocycles. The van der Waals surface area contributed by atoms with Gasteiger partial charge >= 0.3 is 0 Å². The van der Waals surface area contributed by atoms with Crippen molar-refractivity contribution in [1.82, 2.24) is 4.98 Å². The molecule has 0 saturated carbocycles. The van der Waals surface area contributed by atoms with E-state index in [1.807, 2.05) is 29.6 Å². The molecular formula is C23H16FN3S. The molecular weight excluding hydrogens is 369 g/mol. The van der Waals surface area contributed by atoms with Crippen LogP contribution in [-0.2, 0) is 0 Å². The average Bonchev–Trinajstić information content (AvgIpc) is 3.20. The summed E-state index contributed by atoms with van der Waals surface area (Å²) < 4.78 is 13.7. The lowest BCUT2D eigenvalue weighted by molar-refractivity contribution is 0.619. The second-order valence-corrected chi connectivity index (χ2v) is 7.20. The fraction of sp³-hybridized carbons (Fsp3) is 0.0435. The molecule has 3 nitrogen and oxygen atoms in total. The van der Waals surface area contributed by atoms with Crippen LogP contribution >= 0.6 is 11.3 Å². The lowest BCUT2D eigenvalue weighted by Gasteiger charge is -2.04. The number of thiazole rings is 1. The number of aryl methyl sites for hydroxylation is 1. The van der Waals surface area contributed by atoms with Gasteiger partial charge in [-0.25, -0.2) is 9.37 Å². The number of rotatable bonds is 4. The minimum absolute atomic E-state index is 0.288. The Morgan fingerprint density at radius 2 is 1.96 bits per heavy atom. The number of anilines is 1. The third-order valence-corrected chi connectivity index (χ3v) is 5.35. The largest absolute Gasteiger partial charge is 0.360 e. The fourth-order valence-electron chi connectivity index (χ4n) is 2.95. The number of benzene rings is 3. The molecule has 4 aromatic rings. The first-order valence-corrected chi connectivity index (χ1v) is 9.60. The van der Waals surface area contributed by atoms with E-state index in [4.69, 9.17) is 0 Å². The van der Waals surface area contributed by atoms with Gasteiger partial charge in [-0.05, 0) is 35.4 Å². The van der Waals surface area contributed by atoms with Crippen LogP contribution in [0.4, 0.5) is 10.1 Å². The van der Waals surface area contributed by atoms with Crippen molar-refractivity contribution < 1.29 is 4.39 Å². The van der Waals surface area contributed by atoms with Gasteiger partial charge in [0, 0.05) is 22.8 Å². The molecule has 28 heavy (non-hydrogen) atoms. The second kappa shape index (κ2) is 7.63. The fourth-order valence-corrected chi connectivity index (χ4v) is 3.74. The lowest BCUT2D eigenvalue weighted by atomic mass is 10.0. The first-order chi connectivity index (χ1) is 13.7. The topological polar surface area (TPSA) is 48.7 Å². The molecule has 0 aliphatic heterocycles. The normalized spacial score (nSPS) is 11.4. The molecule has 1 aromatic heterocycles. The van der Waals surface area contributed by atoms with Crippen LogP contribution < -0.4 is 5.32 Å². The Morgan fingerprint density at radius 1 is 1.14 bits per heavy atom. The van der Waals surface area contributed by atoms with Gasteiger partial charge in [0.05, 0.1) is 5.69 Å². The summed E-state index contributed by atoms with van der Waals surface area (Å²) in [5.41, 5.74) is 3.43. The van der Waals surface area contributed by atoms with Crippen LogP contribution in [0.2, 0.25) is 0 Å². The van der Waals surface area contributed by atoms with Crippen molar-refractivity contribution in [3.63, 3.8) is 0 Å². The summed E-state index contributed by atoms with van der Waals surface area (Å²) in [5, 5.41) is 17.4. The molecule has 0 atom stereocenters. The lowest BCUT2D eigenvalue weighted by Crippen LogP contribution is -1.93. The van der Waals surface area contributed by atoms with E-state index in [9.17, 15) is 9.65 Å². The highest BCUT2D eigenvalue weighted by Crippen LogP contribution is 2.31. The van der Waals surface area contributed by atoms with E-state index < -0.39 is 0 Å². The van der Waals surface area contributed by atoms with Crippen LogP contribution in [0.1, 0.15) is 10.6 Å². The highest BCUT2D eigenvalue weighted by molar-refractivity contribution is 7.11. The number of nitrogens with one attached hydrogen (secondary N) is 1. The monoisotopic (exact) mass is 385 g/mol. The van der Waals surface area contributed by atoms with Gasteiger partial charge < -0.3 is 5.32 Å². The Balaban J connectivity index is 1.65. The van der Waals surface area contributed by atoms with E-state index in [0.717, 1.165) is 22.0 Å². The van der Waals surface area contributed by atoms with E-state index in [0.29, 0.717) is 21.8 Å². The first-order valence-electron chi connectivity index (χ1n) is 8.73. The standard InChI is InChI=1S/C23H16FN3S/c1-15-9-10-18(11-21(15)24)26-13-17(12-25)23-27-22(14-28-23)20-8-4-6-16-5-2-3-7-19(16)20/h2-11,13-14,26H,1H3/b17-13+. The van der Waals surface area contributed by atoms with Gasteiger partial charge in [0.2, 0.25) is 0 Å². The Labute approximate surface area is 166 Å². The highest BCUT2D eigenvalue weighted by atomic mass is 32.1. The minimum atomic E-state index is -0.288. The van der Waals surface area contributed by atoms with Crippen LogP contribution in [0.5, 0.6) is 0 Å². The molecule has 0 saturated heterocycles. The van der Waals surface area contributed by atoms with Gasteiger partial charge in [0.25, 0.3) is 0 Å². The Kier molecular flexibility index (Phi) is 4.88. The third kappa shape index (κ3) is 3.51. The van der Waals surface area contributed by atoms with Crippen molar-refractivity contribution in [3.05, 3.63) is 88.6 Å². The van der Waals surface area contributed by atoms with Gasteiger partial charge in [0.15, 0.2) is 0 Å². The van der Waals surface area contributed by atoms with Crippen LogP contribution in [0, 0.1) is 24.1 Å². The van der Waals surface area contributed by atoms with E-state index in [2.05, 4.69) is 34.6 Å². The molecule has 0 bridgehead atoms. The average molecular weight is 385 g/mol. The van der Waals surface area contributed by atoms with Gasteiger partial charge in [-0.1, -0.05) is 48.5 Å². The predicted molar refractivity (Wildman–Crippen MR) is 113 cm³/mol. The SMILES string of the molecule is Cc1ccc(N/C=C(\C#N)c2nc(-c3cccc4ccccc34)cs2)cc1F. The predicted octanol–water partition coefficient (Wildman–Crippen LogP) is 6.39. The van der Waals surface area contributed by atoms with E-state index in [1.54, 1.807) is 25.3 Å². The van der Waals surface area contributed by atoms with Gasteiger partial charge in [-0.3, -0.25) is 0 Å². The number of hydrogen-bond donors (Lipinski definition) is 1. The summed E-state index contributed by atoms with van der Waals surface area (Å²) >= 11 is 1.41. The molecule has 0 fully saturated rings. The molecule has 0 radical (unpaired) electrons. The quantitative estimate of drug-likeness (QED) is 0.414. The summed E-state index contributed by atoms with van der Waals surface area (Å²) in [6.45, 7) is 1.71. The first kappa shape index (κ1) is 17.9. The molecule has 0 unspecified atom stereocenters. The van der Waals surface area contributed by atoms with Crippen molar-refractivity contribution in [2.45, 2.75) is 6.92 Å². The molecule has 0 aliphatic rings. The number of aromatic nitrogens is 1. The van der Waals surface area contributed by atoms with Crippen molar-refractivity contribution in [1.29, 1.82) is 5.26 Å². The summed E-state index contributed by atoms with van der Waals surface area (Å²) in [6, 6.07) is 21.3. The van der Waals surface area contributed by atoms with Crippen molar-refractivity contribution >= 4 is 33.4 Å². The number of nitrogens with zero attached hydrogens (tertiary/aromatic N) is 2. The summed E-state index contributed by atoms with van der Waals surface area (Å²) in [5.74, 6) is -0.288.